The third kappa shape index (κ3) is 2.92. The first kappa shape index (κ1) is 15.5. The van der Waals surface area contributed by atoms with Crippen molar-refractivity contribution >= 4 is 34.9 Å². The van der Waals surface area contributed by atoms with Crippen molar-refractivity contribution in [2.45, 2.75) is 6.54 Å². The van der Waals surface area contributed by atoms with Gasteiger partial charge in [0.2, 0.25) is 5.88 Å². The van der Waals surface area contributed by atoms with E-state index in [1.54, 1.807) is 24.4 Å². The first-order chi connectivity index (χ1) is 12.1. The lowest BCUT2D eigenvalue weighted by Gasteiger charge is -2.04. The van der Waals surface area contributed by atoms with Crippen LogP contribution in [0.25, 0.3) is 11.6 Å². The van der Waals surface area contributed by atoms with Gasteiger partial charge in [-0.15, -0.1) is 0 Å². The smallest absolute Gasteiger partial charge is 0.310 e. The van der Waals surface area contributed by atoms with Crippen LogP contribution in [0.4, 0.5) is 10.1 Å². The first-order valence-electron chi connectivity index (χ1n) is 7.64. The van der Waals surface area contributed by atoms with E-state index in [1.807, 2.05) is 24.3 Å². The highest BCUT2D eigenvalue weighted by Gasteiger charge is 2.16. The van der Waals surface area contributed by atoms with E-state index in [-0.39, 0.29) is 23.1 Å². The molecule has 0 fully saturated rings. The van der Waals surface area contributed by atoms with Crippen molar-refractivity contribution in [3.63, 3.8) is 0 Å². The van der Waals surface area contributed by atoms with Gasteiger partial charge in [-0.25, -0.2) is 4.39 Å². The fourth-order valence-electron chi connectivity index (χ4n) is 2.72. The van der Waals surface area contributed by atoms with Gasteiger partial charge >= 0.3 is 4.87 Å². The molecule has 0 aliphatic carbocycles. The number of allylic oxidation sites excluding steroid dienone is 1. The van der Waals surface area contributed by atoms with Crippen molar-refractivity contribution in [3.8, 4) is 5.88 Å². The Labute approximate surface area is 146 Å². The molecule has 3 aromatic rings. The SMILES string of the molecule is O=c1sc(C=C2C=Nc3ccccc32)c(O)n1Cc1ccc(F)cc1. The highest BCUT2D eigenvalue weighted by molar-refractivity contribution is 7.10. The van der Waals surface area contributed by atoms with Gasteiger partial charge < -0.3 is 5.11 Å². The molecule has 2 aromatic carbocycles. The quantitative estimate of drug-likeness (QED) is 0.773. The number of aromatic nitrogens is 1. The van der Waals surface area contributed by atoms with E-state index in [1.165, 1.54) is 16.7 Å². The van der Waals surface area contributed by atoms with Gasteiger partial charge in [0.05, 0.1) is 17.1 Å². The number of hydrogen-bond acceptors (Lipinski definition) is 4. The second-order valence-corrected chi connectivity index (χ2v) is 6.64. The molecule has 0 radical (unpaired) electrons. The van der Waals surface area contributed by atoms with Gasteiger partial charge in [0.25, 0.3) is 0 Å². The van der Waals surface area contributed by atoms with Crippen LogP contribution in [0.5, 0.6) is 5.88 Å². The van der Waals surface area contributed by atoms with Crippen LogP contribution in [0.1, 0.15) is 16.0 Å². The first-order valence-corrected chi connectivity index (χ1v) is 8.46. The standard InChI is InChI=1S/C19H13FN2O2S/c20-14-7-5-12(6-8-14)11-22-18(23)17(25-19(22)24)9-13-10-21-16-4-2-1-3-15(13)16/h1-10,23H,11H2. The van der Waals surface area contributed by atoms with Crippen LogP contribution >= 0.6 is 11.3 Å². The fraction of sp³-hybridized carbons (Fsp3) is 0.0526. The molecule has 0 saturated heterocycles. The highest BCUT2D eigenvalue weighted by Crippen LogP contribution is 2.34. The molecule has 6 heteroatoms. The summed E-state index contributed by atoms with van der Waals surface area (Å²) in [5.41, 5.74) is 3.42. The minimum absolute atomic E-state index is 0.0930. The zero-order valence-electron chi connectivity index (χ0n) is 13.0. The van der Waals surface area contributed by atoms with Crippen molar-refractivity contribution in [1.29, 1.82) is 0 Å². The summed E-state index contributed by atoms with van der Waals surface area (Å²) in [5, 5.41) is 10.4. The summed E-state index contributed by atoms with van der Waals surface area (Å²) in [4.78, 5) is 16.8. The van der Waals surface area contributed by atoms with Crippen LogP contribution < -0.4 is 4.87 Å². The maximum Gasteiger partial charge on any atom is 0.310 e. The van der Waals surface area contributed by atoms with Crippen LogP contribution in [-0.2, 0) is 6.54 Å². The zero-order chi connectivity index (χ0) is 17.4. The molecule has 1 N–H and O–H groups in total. The van der Waals surface area contributed by atoms with E-state index >= 15 is 0 Å². The Balaban J connectivity index is 1.69. The van der Waals surface area contributed by atoms with Gasteiger partial charge in [0.1, 0.15) is 5.82 Å². The summed E-state index contributed by atoms with van der Waals surface area (Å²) < 4.78 is 14.3. The monoisotopic (exact) mass is 352 g/mol. The molecule has 0 atom stereocenters. The van der Waals surface area contributed by atoms with Crippen LogP contribution in [0, 0.1) is 5.82 Å². The molecule has 0 unspecified atom stereocenters. The summed E-state index contributed by atoms with van der Waals surface area (Å²) >= 11 is 0.970. The summed E-state index contributed by atoms with van der Waals surface area (Å²) in [7, 11) is 0. The molecule has 0 bridgehead atoms. The molecule has 124 valence electrons. The Morgan fingerprint density at radius 3 is 2.72 bits per heavy atom. The molecular weight excluding hydrogens is 339 g/mol. The molecular formula is C19H13FN2O2S. The number of aromatic hydroxyl groups is 1. The largest absolute Gasteiger partial charge is 0.493 e. The van der Waals surface area contributed by atoms with Crippen molar-refractivity contribution in [2.24, 2.45) is 4.99 Å². The van der Waals surface area contributed by atoms with E-state index in [9.17, 15) is 14.3 Å². The number of para-hydroxylation sites is 1. The Bertz CT molecular complexity index is 1060. The Hall–Kier alpha value is -2.99. The predicted octanol–water partition coefficient (Wildman–Crippen LogP) is 4.06. The molecule has 1 aliphatic heterocycles. The summed E-state index contributed by atoms with van der Waals surface area (Å²) in [6, 6.07) is 13.5. The molecule has 0 saturated carbocycles. The molecule has 1 aromatic heterocycles. The Morgan fingerprint density at radius 1 is 1.16 bits per heavy atom. The molecule has 25 heavy (non-hydrogen) atoms. The second kappa shape index (κ2) is 6.14. The maximum atomic E-state index is 13.0. The average Bonchev–Trinajstić information content (AvgIpc) is 3.14. The van der Waals surface area contributed by atoms with Crippen LogP contribution in [0.3, 0.4) is 0 Å². The van der Waals surface area contributed by atoms with Crippen LogP contribution in [-0.4, -0.2) is 15.9 Å². The van der Waals surface area contributed by atoms with Gasteiger partial charge in [-0.05, 0) is 29.8 Å². The van der Waals surface area contributed by atoms with Crippen molar-refractivity contribution in [1.82, 2.24) is 4.57 Å². The van der Waals surface area contributed by atoms with E-state index in [2.05, 4.69) is 4.99 Å². The third-order valence-electron chi connectivity index (χ3n) is 3.99. The van der Waals surface area contributed by atoms with Gasteiger partial charge in [0, 0.05) is 17.4 Å². The van der Waals surface area contributed by atoms with E-state index < -0.39 is 0 Å². The minimum atomic E-state index is -0.338. The molecule has 0 spiro atoms. The topological polar surface area (TPSA) is 54.6 Å². The van der Waals surface area contributed by atoms with Gasteiger partial charge in [0.15, 0.2) is 0 Å². The number of thiazole rings is 1. The fourth-order valence-corrected chi connectivity index (χ4v) is 3.55. The number of fused-ring (bicyclic) bond motifs is 1. The van der Waals surface area contributed by atoms with Gasteiger partial charge in [-0.2, -0.15) is 0 Å². The van der Waals surface area contributed by atoms with E-state index in [0.29, 0.717) is 4.88 Å². The normalized spacial score (nSPS) is 14.2. The molecule has 2 heterocycles. The van der Waals surface area contributed by atoms with E-state index in [4.69, 9.17) is 0 Å². The molecule has 4 nitrogen and oxygen atoms in total. The second-order valence-electron chi connectivity index (χ2n) is 5.64. The number of halogens is 1. The average molecular weight is 352 g/mol. The van der Waals surface area contributed by atoms with Gasteiger partial charge in [-0.3, -0.25) is 14.4 Å². The van der Waals surface area contributed by atoms with Crippen molar-refractivity contribution in [3.05, 3.63) is 80.0 Å². The Morgan fingerprint density at radius 2 is 1.92 bits per heavy atom. The molecule has 4 rings (SSSR count). The number of aliphatic imine (C=N–C) groups is 1. The number of benzene rings is 2. The third-order valence-corrected chi connectivity index (χ3v) is 4.91. The van der Waals surface area contributed by atoms with Crippen LogP contribution in [0.15, 0.2) is 58.3 Å². The number of hydrogen-bond donors (Lipinski definition) is 1. The summed E-state index contributed by atoms with van der Waals surface area (Å²) in [6.45, 7) is 0.190. The lowest BCUT2D eigenvalue weighted by atomic mass is 10.1. The minimum Gasteiger partial charge on any atom is -0.493 e. The Kier molecular flexibility index (Phi) is 3.82. The number of rotatable bonds is 3. The number of nitrogens with zero attached hydrogens (tertiary/aromatic N) is 2. The maximum absolute atomic E-state index is 13.0. The molecule has 0 amide bonds. The van der Waals surface area contributed by atoms with Crippen molar-refractivity contribution < 1.29 is 9.50 Å². The summed E-state index contributed by atoms with van der Waals surface area (Å²) in [5.74, 6) is -0.431. The predicted molar refractivity (Wildman–Crippen MR) is 98.2 cm³/mol. The van der Waals surface area contributed by atoms with Crippen LogP contribution in [0.2, 0.25) is 0 Å². The zero-order valence-corrected chi connectivity index (χ0v) is 13.8. The lowest BCUT2D eigenvalue weighted by molar-refractivity contribution is 0.420. The van der Waals surface area contributed by atoms with Gasteiger partial charge in [-0.1, -0.05) is 41.7 Å². The summed E-state index contributed by atoms with van der Waals surface area (Å²) in [6.07, 6.45) is 3.48. The highest BCUT2D eigenvalue weighted by atomic mass is 32.1. The van der Waals surface area contributed by atoms with Crippen molar-refractivity contribution in [2.75, 3.05) is 0 Å². The molecule has 1 aliphatic rings. The van der Waals surface area contributed by atoms with E-state index in [0.717, 1.165) is 33.7 Å². The lowest BCUT2D eigenvalue weighted by Crippen LogP contribution is -2.13.